The van der Waals surface area contributed by atoms with E-state index in [1.54, 1.807) is 76.6 Å². The molecule has 2 amide bonds. The summed E-state index contributed by atoms with van der Waals surface area (Å²) in [5.74, 6) is 1.51. The van der Waals surface area contributed by atoms with Crippen molar-refractivity contribution < 1.29 is 47.2 Å². The van der Waals surface area contributed by atoms with Gasteiger partial charge in [0, 0.05) is 130 Å². The Labute approximate surface area is 424 Å². The second-order valence-corrected chi connectivity index (χ2v) is 17.8. The molecule has 2 fully saturated rings. The first kappa shape index (κ1) is 51.8. The molecule has 8 aromatic rings. The van der Waals surface area contributed by atoms with E-state index in [2.05, 4.69) is 39.7 Å². The Kier molecular flexibility index (Phi) is 16.6. The van der Waals surface area contributed by atoms with Crippen molar-refractivity contribution in [2.24, 2.45) is 0 Å². The van der Waals surface area contributed by atoms with Crippen LogP contribution in [0.15, 0.2) is 73.3 Å². The van der Waals surface area contributed by atoms with Crippen molar-refractivity contribution in [2.45, 2.75) is 27.7 Å². The van der Waals surface area contributed by atoms with Gasteiger partial charge in [0.15, 0.2) is 46.1 Å². The van der Waals surface area contributed by atoms with E-state index < -0.39 is 11.6 Å². The maximum absolute atomic E-state index is 15.1. The number of phenolic OH excluding ortho intramolecular Hbond substituents is 1. The minimum absolute atomic E-state index is 0.0747. The van der Waals surface area contributed by atoms with Crippen LogP contribution in [0.4, 0.5) is 8.78 Å². The fourth-order valence-corrected chi connectivity index (χ4v) is 8.80. The number of carbonyl (C=O) groups is 2. The molecule has 3 N–H and O–H groups in total. The maximum atomic E-state index is 15.1. The number of halogens is 3. The van der Waals surface area contributed by atoms with Crippen LogP contribution in [-0.4, -0.2) is 159 Å². The van der Waals surface area contributed by atoms with Crippen molar-refractivity contribution in [1.29, 1.82) is 0 Å². The summed E-state index contributed by atoms with van der Waals surface area (Å²) >= 11 is 6.10. The van der Waals surface area contributed by atoms with Crippen LogP contribution in [0.2, 0.25) is 5.15 Å². The number of aromatic amines is 2. The lowest BCUT2D eigenvalue weighted by Gasteiger charge is -2.34. The first-order valence-electron chi connectivity index (χ1n) is 23.6. The number of aromatic hydroxyl groups is 1. The van der Waals surface area contributed by atoms with Gasteiger partial charge in [0.1, 0.15) is 31.0 Å². The lowest BCUT2D eigenvalue weighted by atomic mass is 10.2. The Balaban J connectivity index is 0.000000165. The Bertz CT molecular complexity index is 3250. The molecule has 21 heteroatoms. The molecule has 0 spiro atoms. The average molecular weight is 1020 g/mol. The van der Waals surface area contributed by atoms with Gasteiger partial charge in [-0.25, -0.2) is 28.7 Å². The molecule has 2 aliphatic heterocycles. The van der Waals surface area contributed by atoms with Crippen LogP contribution in [0, 0.1) is 25.5 Å². The molecule has 2 aliphatic rings. The van der Waals surface area contributed by atoms with Gasteiger partial charge in [0.2, 0.25) is 17.7 Å². The van der Waals surface area contributed by atoms with Crippen LogP contribution in [0.25, 0.3) is 43.6 Å². The van der Waals surface area contributed by atoms with Crippen LogP contribution >= 0.6 is 11.6 Å². The van der Waals surface area contributed by atoms with Gasteiger partial charge in [0.05, 0.1) is 30.6 Å². The summed E-state index contributed by atoms with van der Waals surface area (Å²) in [6.45, 7) is 15.8. The van der Waals surface area contributed by atoms with E-state index in [4.69, 9.17) is 40.4 Å². The molecule has 0 bridgehead atoms. The van der Waals surface area contributed by atoms with Crippen LogP contribution < -0.4 is 23.7 Å². The summed E-state index contributed by atoms with van der Waals surface area (Å²) in [6.07, 6.45) is 2.80. The number of amides is 2. The number of carbonyl (C=O) groups excluding carboxylic acids is 2. The zero-order chi connectivity index (χ0) is 51.8. The first-order valence-corrected chi connectivity index (χ1v) is 24.0. The number of aryl methyl sites for hydroxylation is 2. The second kappa shape index (κ2) is 23.3. The fraction of sp³-hybridized carbons (Fsp3) is 0.346. The summed E-state index contributed by atoms with van der Waals surface area (Å²) in [7, 11) is 3.15. The zero-order valence-electron chi connectivity index (χ0n) is 41.4. The van der Waals surface area contributed by atoms with Crippen molar-refractivity contribution >= 4 is 67.0 Å². The predicted octanol–water partition coefficient (Wildman–Crippen LogP) is 8.06. The van der Waals surface area contributed by atoms with Gasteiger partial charge in [0.25, 0.3) is 0 Å². The number of hydrogen-bond acceptors (Lipinski definition) is 14. The van der Waals surface area contributed by atoms with E-state index in [0.717, 1.165) is 82.2 Å². The van der Waals surface area contributed by atoms with Crippen LogP contribution in [0.3, 0.4) is 0 Å². The summed E-state index contributed by atoms with van der Waals surface area (Å²) < 4.78 is 57.0. The number of H-pyrrole nitrogens is 2. The largest absolute Gasteiger partial charge is 0.505 e. The third kappa shape index (κ3) is 12.4. The van der Waals surface area contributed by atoms with Gasteiger partial charge in [-0.3, -0.25) is 19.4 Å². The van der Waals surface area contributed by atoms with Gasteiger partial charge in [-0.15, -0.1) is 0 Å². The van der Waals surface area contributed by atoms with E-state index in [1.807, 2.05) is 29.7 Å². The van der Waals surface area contributed by atoms with Crippen molar-refractivity contribution in [2.75, 3.05) is 92.9 Å². The van der Waals surface area contributed by atoms with Crippen molar-refractivity contribution in [3.05, 3.63) is 101 Å². The smallest absolute Gasteiger partial charge is 0.230 e. The van der Waals surface area contributed by atoms with E-state index in [1.165, 1.54) is 18.7 Å². The highest BCUT2D eigenvalue weighted by Gasteiger charge is 2.21. The van der Waals surface area contributed by atoms with Crippen molar-refractivity contribution in [3.8, 4) is 40.4 Å². The minimum Gasteiger partial charge on any atom is -0.505 e. The zero-order valence-corrected chi connectivity index (χ0v) is 42.2. The molecular weight excluding hydrogens is 966 g/mol. The number of nitrogens with one attached hydrogen (secondary N) is 2. The molecule has 0 unspecified atom stereocenters. The summed E-state index contributed by atoms with van der Waals surface area (Å²) in [5, 5.41) is 11.6. The second-order valence-electron chi connectivity index (χ2n) is 17.5. The summed E-state index contributed by atoms with van der Waals surface area (Å²) in [6, 6.07) is 16.9. The third-order valence-electron chi connectivity index (χ3n) is 12.6. The monoisotopic (exact) mass is 1020 g/mol. The molecule has 4 aromatic heterocycles. The van der Waals surface area contributed by atoms with Gasteiger partial charge in [-0.2, -0.15) is 0 Å². The lowest BCUT2D eigenvalue weighted by molar-refractivity contribution is -0.131. The van der Waals surface area contributed by atoms with E-state index in [-0.39, 0.29) is 29.2 Å². The molecule has 0 aliphatic carbocycles. The number of methoxy groups -OCH3 is 2. The normalized spacial score (nSPS) is 14.2. The van der Waals surface area contributed by atoms with Gasteiger partial charge in [-0.1, -0.05) is 11.6 Å². The molecule has 6 heterocycles. The number of fused-ring (bicyclic) bond motifs is 4. The molecule has 2 saturated heterocycles. The van der Waals surface area contributed by atoms with E-state index in [9.17, 15) is 14.0 Å². The molecule has 0 radical (unpaired) electrons. The number of piperazine rings is 2. The number of aromatic nitrogens is 6. The predicted molar refractivity (Wildman–Crippen MR) is 273 cm³/mol. The standard InChI is InChI=1S/C26H28FN5O4.C17H21ClN4O3.C9H8FNO/c1-16-12-18-20(30-16)4-5-22(25(18)27)36-26-19-13-23(34-3)24(14-21(19)28-15-29-26)35-11-10-31-6-8-32(9-7-31)17(2)33;1-12(23)22-5-3-21(4-6-22)7-8-25-16-10-14-13(9-15(16)24-2)17(18)20-11-19-14;1-5-4-6-7(11-5)2-3-8(12)9(6)10/h4-5,12-15,30H,6-11H2,1-3H3;9-11H,3-8H2,1-2H3;2-4,11-12H,1H3. The Morgan fingerprint density at radius 3 is 1.60 bits per heavy atom. The molecule has 384 valence electrons. The molecular formula is C52H57ClF2N10O8. The Morgan fingerprint density at radius 2 is 1.08 bits per heavy atom. The lowest BCUT2D eigenvalue weighted by Crippen LogP contribution is -2.48. The Morgan fingerprint density at radius 1 is 0.603 bits per heavy atom. The SMILES string of the molecule is COc1cc2c(Cl)ncnc2cc1OCCN1CCN(C(C)=O)CC1.COc1cc2c(Oc3ccc4[nH]c(C)cc4c3F)ncnc2cc1OCCN1CCN(C(C)=O)CC1.Cc1cc2c(F)c(O)ccc2[nH]1. The number of benzene rings is 4. The first-order chi connectivity index (χ1) is 35.2. The average Bonchev–Trinajstić information content (AvgIpc) is 3.98. The Hall–Kier alpha value is -7.55. The van der Waals surface area contributed by atoms with E-state index in [0.29, 0.717) is 79.6 Å². The highest BCUT2D eigenvalue weighted by Crippen LogP contribution is 2.38. The third-order valence-corrected chi connectivity index (χ3v) is 12.9. The summed E-state index contributed by atoms with van der Waals surface area (Å²) in [5.41, 5.74) is 4.46. The molecule has 10 rings (SSSR count). The maximum Gasteiger partial charge on any atom is 0.230 e. The number of nitrogens with zero attached hydrogens (tertiary/aromatic N) is 8. The van der Waals surface area contributed by atoms with Crippen molar-refractivity contribution in [3.63, 3.8) is 0 Å². The summed E-state index contributed by atoms with van der Waals surface area (Å²) in [4.78, 5) is 54.0. The number of rotatable bonds is 12. The molecule has 73 heavy (non-hydrogen) atoms. The number of hydrogen-bond donors (Lipinski definition) is 3. The quantitative estimate of drug-likeness (QED) is 0.0994. The molecule has 4 aromatic carbocycles. The van der Waals surface area contributed by atoms with Crippen molar-refractivity contribution in [1.82, 2.24) is 49.5 Å². The van der Waals surface area contributed by atoms with Crippen LogP contribution in [0.5, 0.6) is 40.4 Å². The van der Waals surface area contributed by atoms with E-state index >= 15 is 4.39 Å². The van der Waals surface area contributed by atoms with Gasteiger partial charge >= 0.3 is 0 Å². The topological polar surface area (TPSA) is 197 Å². The highest BCUT2D eigenvalue weighted by atomic mass is 35.5. The highest BCUT2D eigenvalue weighted by molar-refractivity contribution is 6.34. The van der Waals surface area contributed by atoms with Crippen LogP contribution in [0.1, 0.15) is 25.2 Å². The fourth-order valence-electron chi connectivity index (χ4n) is 8.61. The molecule has 0 atom stereocenters. The minimum atomic E-state index is -0.558. The van der Waals surface area contributed by atoms with Crippen LogP contribution in [-0.2, 0) is 9.59 Å². The number of phenols is 1. The van der Waals surface area contributed by atoms with Gasteiger partial charge in [-0.05, 0) is 62.4 Å². The van der Waals surface area contributed by atoms with Gasteiger partial charge < -0.3 is 48.6 Å². The molecule has 0 saturated carbocycles. The number of ether oxygens (including phenoxy) is 5. The molecule has 18 nitrogen and oxygen atoms in total.